The summed E-state index contributed by atoms with van der Waals surface area (Å²) in [6.07, 6.45) is 1.95. The predicted molar refractivity (Wildman–Crippen MR) is 129 cm³/mol. The lowest BCUT2D eigenvalue weighted by Gasteiger charge is -2.22. The molecule has 0 spiro atoms. The van der Waals surface area contributed by atoms with E-state index < -0.39 is 0 Å². The van der Waals surface area contributed by atoms with Gasteiger partial charge in [0.1, 0.15) is 0 Å². The van der Waals surface area contributed by atoms with Gasteiger partial charge < -0.3 is 15.5 Å². The number of guanidine groups is 1. The maximum Gasteiger partial charge on any atom is 0.221 e. The minimum absolute atomic E-state index is 0. The summed E-state index contributed by atoms with van der Waals surface area (Å²) >= 11 is 0. The third-order valence-corrected chi connectivity index (χ3v) is 4.40. The van der Waals surface area contributed by atoms with Crippen molar-refractivity contribution >= 4 is 41.5 Å². The molecular formula is C22H31IN4O. The van der Waals surface area contributed by atoms with E-state index in [0.29, 0.717) is 0 Å². The van der Waals surface area contributed by atoms with Crippen molar-refractivity contribution in [3.63, 3.8) is 0 Å². The van der Waals surface area contributed by atoms with E-state index in [0.717, 1.165) is 37.6 Å². The molecule has 2 aromatic rings. The number of hydrogen-bond donors (Lipinski definition) is 2. The van der Waals surface area contributed by atoms with Crippen molar-refractivity contribution in [3.05, 3.63) is 65.2 Å². The van der Waals surface area contributed by atoms with E-state index in [1.165, 1.54) is 23.6 Å². The lowest BCUT2D eigenvalue weighted by atomic mass is 10.1. The number of nitrogens with zero attached hydrogens (tertiary/aromatic N) is 2. The minimum atomic E-state index is -0.0550. The van der Waals surface area contributed by atoms with Gasteiger partial charge >= 0.3 is 0 Å². The molecule has 0 atom stereocenters. The monoisotopic (exact) mass is 494 g/mol. The first-order valence-corrected chi connectivity index (χ1v) is 9.38. The van der Waals surface area contributed by atoms with Crippen molar-refractivity contribution in [1.29, 1.82) is 0 Å². The second-order valence-corrected chi connectivity index (χ2v) is 6.63. The van der Waals surface area contributed by atoms with Gasteiger partial charge in [0.25, 0.3) is 0 Å². The van der Waals surface area contributed by atoms with Gasteiger partial charge in [0.05, 0.1) is 0 Å². The second kappa shape index (κ2) is 12.4. The van der Waals surface area contributed by atoms with Gasteiger partial charge in [-0.2, -0.15) is 0 Å². The van der Waals surface area contributed by atoms with Crippen LogP contribution in [0.2, 0.25) is 0 Å². The first kappa shape index (κ1) is 23.9. The van der Waals surface area contributed by atoms with Crippen LogP contribution in [0.4, 0.5) is 5.69 Å². The van der Waals surface area contributed by atoms with Crippen molar-refractivity contribution in [2.75, 3.05) is 26.0 Å². The Balaban J connectivity index is 0.00000392. The Morgan fingerprint density at radius 2 is 1.57 bits per heavy atom. The van der Waals surface area contributed by atoms with E-state index >= 15 is 0 Å². The van der Waals surface area contributed by atoms with Crippen LogP contribution < -0.4 is 10.6 Å². The first-order chi connectivity index (χ1) is 13.0. The highest BCUT2D eigenvalue weighted by molar-refractivity contribution is 14.0. The van der Waals surface area contributed by atoms with Crippen molar-refractivity contribution in [1.82, 2.24) is 10.2 Å². The average molecular weight is 494 g/mol. The normalized spacial score (nSPS) is 10.8. The van der Waals surface area contributed by atoms with Crippen molar-refractivity contribution in [3.8, 4) is 0 Å². The number of halogens is 1. The third kappa shape index (κ3) is 7.88. The Labute approximate surface area is 185 Å². The van der Waals surface area contributed by atoms with Crippen LogP contribution >= 0.6 is 24.0 Å². The molecule has 5 nitrogen and oxygen atoms in total. The number of carbonyl (C=O) groups excluding carboxylic acids is 1. The van der Waals surface area contributed by atoms with Crippen LogP contribution in [-0.2, 0) is 24.2 Å². The Bertz CT molecular complexity index is 757. The van der Waals surface area contributed by atoms with Crippen molar-refractivity contribution in [2.24, 2.45) is 4.99 Å². The van der Waals surface area contributed by atoms with Gasteiger partial charge in [-0.25, -0.2) is 0 Å². The SMILES string of the molecule is CCc1ccc(CN(C)C(=NC)NCCc2ccc(NC(C)=O)cc2)cc1.I. The van der Waals surface area contributed by atoms with E-state index in [9.17, 15) is 4.79 Å². The second-order valence-electron chi connectivity index (χ2n) is 6.63. The summed E-state index contributed by atoms with van der Waals surface area (Å²) in [4.78, 5) is 17.6. The summed E-state index contributed by atoms with van der Waals surface area (Å²) < 4.78 is 0. The molecule has 0 unspecified atom stereocenters. The Kier molecular flexibility index (Phi) is 10.6. The lowest BCUT2D eigenvalue weighted by molar-refractivity contribution is -0.114. The van der Waals surface area contributed by atoms with Crippen LogP contribution in [0.1, 0.15) is 30.5 Å². The zero-order valence-electron chi connectivity index (χ0n) is 17.2. The minimum Gasteiger partial charge on any atom is -0.356 e. The zero-order chi connectivity index (χ0) is 19.6. The van der Waals surface area contributed by atoms with E-state index in [-0.39, 0.29) is 29.9 Å². The molecule has 2 aromatic carbocycles. The molecule has 0 aromatic heterocycles. The molecule has 6 heteroatoms. The Hall–Kier alpha value is -2.09. The molecule has 0 bridgehead atoms. The quantitative estimate of drug-likeness (QED) is 0.347. The molecular weight excluding hydrogens is 463 g/mol. The zero-order valence-corrected chi connectivity index (χ0v) is 19.5. The van der Waals surface area contributed by atoms with Crippen LogP contribution in [0.3, 0.4) is 0 Å². The summed E-state index contributed by atoms with van der Waals surface area (Å²) in [7, 11) is 3.85. The summed E-state index contributed by atoms with van der Waals surface area (Å²) in [6.45, 7) is 5.29. The Morgan fingerprint density at radius 3 is 2.11 bits per heavy atom. The summed E-state index contributed by atoms with van der Waals surface area (Å²) in [5, 5.41) is 6.19. The summed E-state index contributed by atoms with van der Waals surface area (Å²) in [5.41, 5.74) is 4.66. The smallest absolute Gasteiger partial charge is 0.221 e. The summed E-state index contributed by atoms with van der Waals surface area (Å²) in [5.74, 6) is 0.824. The van der Waals surface area contributed by atoms with Gasteiger partial charge in [-0.15, -0.1) is 24.0 Å². The van der Waals surface area contributed by atoms with Gasteiger partial charge in [0, 0.05) is 39.8 Å². The highest BCUT2D eigenvalue weighted by Gasteiger charge is 2.06. The van der Waals surface area contributed by atoms with Crippen molar-refractivity contribution < 1.29 is 4.79 Å². The van der Waals surface area contributed by atoms with E-state index in [1.54, 1.807) is 7.05 Å². The van der Waals surface area contributed by atoms with Gasteiger partial charge in [0.2, 0.25) is 5.91 Å². The molecule has 0 aliphatic rings. The van der Waals surface area contributed by atoms with E-state index in [2.05, 4.69) is 51.7 Å². The van der Waals surface area contributed by atoms with Crippen LogP contribution in [0.15, 0.2) is 53.5 Å². The van der Waals surface area contributed by atoms with E-state index in [4.69, 9.17) is 0 Å². The average Bonchev–Trinajstić information content (AvgIpc) is 2.66. The fourth-order valence-electron chi connectivity index (χ4n) is 2.89. The summed E-state index contributed by atoms with van der Waals surface area (Å²) in [6, 6.07) is 16.7. The van der Waals surface area contributed by atoms with Crippen molar-refractivity contribution in [2.45, 2.75) is 33.2 Å². The number of rotatable bonds is 7. The number of aliphatic imine (C=N–C) groups is 1. The molecule has 0 saturated carbocycles. The van der Waals surface area contributed by atoms with Gasteiger partial charge in [-0.05, 0) is 41.7 Å². The molecule has 2 rings (SSSR count). The third-order valence-electron chi connectivity index (χ3n) is 4.40. The van der Waals surface area contributed by atoms with Gasteiger partial charge in [-0.1, -0.05) is 43.3 Å². The van der Waals surface area contributed by atoms with Crippen LogP contribution in [0.5, 0.6) is 0 Å². The fraction of sp³-hybridized carbons (Fsp3) is 0.364. The highest BCUT2D eigenvalue weighted by atomic mass is 127. The molecule has 0 fully saturated rings. The number of nitrogens with one attached hydrogen (secondary N) is 2. The predicted octanol–water partition coefficient (Wildman–Crippen LogP) is 4.08. The molecule has 0 saturated heterocycles. The molecule has 0 radical (unpaired) electrons. The topological polar surface area (TPSA) is 56.7 Å². The molecule has 0 heterocycles. The molecule has 28 heavy (non-hydrogen) atoms. The molecule has 1 amide bonds. The molecule has 152 valence electrons. The Morgan fingerprint density at radius 1 is 1.00 bits per heavy atom. The molecule has 0 aliphatic heterocycles. The van der Waals surface area contributed by atoms with Crippen LogP contribution in [0, 0.1) is 0 Å². The number of benzene rings is 2. The van der Waals surface area contributed by atoms with Gasteiger partial charge in [0.15, 0.2) is 5.96 Å². The maximum atomic E-state index is 11.1. The number of amides is 1. The molecule has 0 aliphatic carbocycles. The number of carbonyl (C=O) groups is 1. The van der Waals surface area contributed by atoms with Gasteiger partial charge in [-0.3, -0.25) is 9.79 Å². The standard InChI is InChI=1S/C22H30N4O.HI/c1-5-18-6-8-20(9-7-18)16-26(4)22(23-3)24-15-14-19-10-12-21(13-11-19)25-17(2)27;/h6-13H,5,14-16H2,1-4H3,(H,23,24)(H,25,27);1H. The lowest BCUT2D eigenvalue weighted by Crippen LogP contribution is -2.39. The number of anilines is 1. The van der Waals surface area contributed by atoms with Crippen LogP contribution in [-0.4, -0.2) is 37.4 Å². The maximum absolute atomic E-state index is 11.1. The van der Waals surface area contributed by atoms with E-state index in [1.807, 2.05) is 31.3 Å². The van der Waals surface area contributed by atoms with Crippen LogP contribution in [0.25, 0.3) is 0 Å². The largest absolute Gasteiger partial charge is 0.356 e. The highest BCUT2D eigenvalue weighted by Crippen LogP contribution is 2.10. The number of hydrogen-bond acceptors (Lipinski definition) is 2. The number of aryl methyl sites for hydroxylation is 1. The fourth-order valence-corrected chi connectivity index (χ4v) is 2.89. The first-order valence-electron chi connectivity index (χ1n) is 9.38. The molecule has 2 N–H and O–H groups in total.